The first-order valence-corrected chi connectivity index (χ1v) is 6.83. The SMILES string of the molecule is C#CCN1CCN(C(=O)c2cc3c(cc2N)OCO3)CC1. The van der Waals surface area contributed by atoms with E-state index in [1.165, 1.54) is 0 Å². The Morgan fingerprint density at radius 3 is 2.57 bits per heavy atom. The van der Waals surface area contributed by atoms with Gasteiger partial charge in [-0.25, -0.2) is 0 Å². The van der Waals surface area contributed by atoms with Gasteiger partial charge in [0, 0.05) is 37.9 Å². The first-order chi connectivity index (χ1) is 10.2. The van der Waals surface area contributed by atoms with Crippen LogP contribution in [0.3, 0.4) is 0 Å². The van der Waals surface area contributed by atoms with E-state index in [2.05, 4.69) is 10.8 Å². The van der Waals surface area contributed by atoms with Gasteiger partial charge in [-0.15, -0.1) is 6.42 Å². The monoisotopic (exact) mass is 287 g/mol. The van der Waals surface area contributed by atoms with E-state index in [0.29, 0.717) is 42.4 Å². The summed E-state index contributed by atoms with van der Waals surface area (Å²) in [4.78, 5) is 16.5. The molecule has 1 aromatic carbocycles. The molecule has 2 heterocycles. The maximum Gasteiger partial charge on any atom is 0.256 e. The van der Waals surface area contributed by atoms with Gasteiger partial charge in [0.1, 0.15) is 0 Å². The summed E-state index contributed by atoms with van der Waals surface area (Å²) in [7, 11) is 0. The van der Waals surface area contributed by atoms with Crippen molar-refractivity contribution in [3.05, 3.63) is 17.7 Å². The third-order valence-corrected chi connectivity index (χ3v) is 3.75. The van der Waals surface area contributed by atoms with E-state index in [1.54, 1.807) is 17.0 Å². The molecule has 2 N–H and O–H groups in total. The summed E-state index contributed by atoms with van der Waals surface area (Å²) < 4.78 is 10.5. The topological polar surface area (TPSA) is 68.0 Å². The predicted octanol–water partition coefficient (Wildman–Crippen LogP) is 0.389. The van der Waals surface area contributed by atoms with Gasteiger partial charge in [-0.3, -0.25) is 9.69 Å². The minimum atomic E-state index is -0.0776. The molecule has 2 aliphatic rings. The van der Waals surface area contributed by atoms with Crippen molar-refractivity contribution in [2.24, 2.45) is 0 Å². The zero-order valence-electron chi connectivity index (χ0n) is 11.7. The lowest BCUT2D eigenvalue weighted by Crippen LogP contribution is -2.48. The second-order valence-electron chi connectivity index (χ2n) is 5.07. The average molecular weight is 287 g/mol. The largest absolute Gasteiger partial charge is 0.454 e. The van der Waals surface area contributed by atoms with Crippen molar-refractivity contribution < 1.29 is 14.3 Å². The van der Waals surface area contributed by atoms with E-state index in [0.717, 1.165) is 13.1 Å². The number of terminal acetylenes is 1. The van der Waals surface area contributed by atoms with Gasteiger partial charge < -0.3 is 20.1 Å². The molecule has 1 aromatic rings. The fourth-order valence-electron chi connectivity index (χ4n) is 2.55. The van der Waals surface area contributed by atoms with Crippen molar-refractivity contribution in [2.75, 3.05) is 45.3 Å². The maximum atomic E-state index is 12.6. The van der Waals surface area contributed by atoms with E-state index >= 15 is 0 Å². The van der Waals surface area contributed by atoms with Gasteiger partial charge in [-0.1, -0.05) is 5.92 Å². The molecule has 0 saturated carbocycles. The maximum absolute atomic E-state index is 12.6. The Hall–Kier alpha value is -2.39. The van der Waals surface area contributed by atoms with Crippen LogP contribution in [0.4, 0.5) is 5.69 Å². The van der Waals surface area contributed by atoms with Gasteiger partial charge in [-0.05, 0) is 6.07 Å². The second kappa shape index (κ2) is 5.54. The highest BCUT2D eigenvalue weighted by Gasteiger charge is 2.25. The molecule has 1 fully saturated rings. The lowest BCUT2D eigenvalue weighted by Gasteiger charge is -2.33. The Morgan fingerprint density at radius 2 is 1.90 bits per heavy atom. The molecule has 110 valence electrons. The lowest BCUT2D eigenvalue weighted by atomic mass is 10.1. The van der Waals surface area contributed by atoms with Crippen LogP contribution in [0.5, 0.6) is 11.5 Å². The van der Waals surface area contributed by atoms with Crippen molar-refractivity contribution in [2.45, 2.75) is 0 Å². The van der Waals surface area contributed by atoms with Gasteiger partial charge in [-0.2, -0.15) is 0 Å². The summed E-state index contributed by atoms with van der Waals surface area (Å²) in [6, 6.07) is 3.30. The molecule has 6 nitrogen and oxygen atoms in total. The van der Waals surface area contributed by atoms with Crippen molar-refractivity contribution >= 4 is 11.6 Å². The summed E-state index contributed by atoms with van der Waals surface area (Å²) in [5.74, 6) is 3.70. The van der Waals surface area contributed by atoms with Crippen LogP contribution >= 0.6 is 0 Å². The van der Waals surface area contributed by atoms with Gasteiger partial charge in [0.25, 0.3) is 5.91 Å². The molecule has 0 aromatic heterocycles. The number of anilines is 1. The molecule has 0 aliphatic carbocycles. The zero-order valence-corrected chi connectivity index (χ0v) is 11.7. The van der Waals surface area contributed by atoms with Gasteiger partial charge in [0.05, 0.1) is 12.1 Å². The van der Waals surface area contributed by atoms with E-state index in [1.807, 2.05) is 0 Å². The van der Waals surface area contributed by atoms with Crippen LogP contribution in [0.25, 0.3) is 0 Å². The third-order valence-electron chi connectivity index (χ3n) is 3.75. The number of ether oxygens (including phenoxy) is 2. The van der Waals surface area contributed by atoms with Crippen molar-refractivity contribution in [1.82, 2.24) is 9.80 Å². The normalized spacial score (nSPS) is 17.6. The van der Waals surface area contributed by atoms with Gasteiger partial charge in [0.2, 0.25) is 6.79 Å². The summed E-state index contributed by atoms with van der Waals surface area (Å²) in [6.45, 7) is 3.63. The van der Waals surface area contributed by atoms with E-state index in [4.69, 9.17) is 21.6 Å². The van der Waals surface area contributed by atoms with Crippen molar-refractivity contribution in [1.29, 1.82) is 0 Å². The Kier molecular flexibility index (Phi) is 3.59. The first kappa shape index (κ1) is 13.6. The number of hydrogen-bond acceptors (Lipinski definition) is 5. The molecule has 0 bridgehead atoms. The number of fused-ring (bicyclic) bond motifs is 1. The molecular weight excluding hydrogens is 270 g/mol. The van der Waals surface area contributed by atoms with Crippen molar-refractivity contribution in [3.8, 4) is 23.8 Å². The van der Waals surface area contributed by atoms with Gasteiger partial charge in [0.15, 0.2) is 11.5 Å². The Morgan fingerprint density at radius 1 is 1.24 bits per heavy atom. The number of amides is 1. The molecule has 21 heavy (non-hydrogen) atoms. The zero-order chi connectivity index (χ0) is 14.8. The van der Waals surface area contributed by atoms with Crippen LogP contribution < -0.4 is 15.2 Å². The lowest BCUT2D eigenvalue weighted by molar-refractivity contribution is 0.0653. The van der Waals surface area contributed by atoms with Crippen LogP contribution in [0.1, 0.15) is 10.4 Å². The second-order valence-corrected chi connectivity index (χ2v) is 5.07. The summed E-state index contributed by atoms with van der Waals surface area (Å²) in [6.07, 6.45) is 5.30. The average Bonchev–Trinajstić information content (AvgIpc) is 2.94. The highest BCUT2D eigenvalue weighted by molar-refractivity contribution is 6.00. The smallest absolute Gasteiger partial charge is 0.256 e. The molecule has 1 saturated heterocycles. The number of rotatable bonds is 2. The molecule has 0 spiro atoms. The molecule has 6 heteroatoms. The van der Waals surface area contributed by atoms with E-state index in [-0.39, 0.29) is 12.7 Å². The van der Waals surface area contributed by atoms with E-state index < -0.39 is 0 Å². The Bertz CT molecular complexity index is 601. The number of benzene rings is 1. The van der Waals surface area contributed by atoms with E-state index in [9.17, 15) is 4.79 Å². The number of carbonyl (C=O) groups is 1. The van der Waals surface area contributed by atoms with Gasteiger partial charge >= 0.3 is 0 Å². The Labute approximate surface area is 123 Å². The standard InChI is InChI=1S/C15H17N3O3/c1-2-3-17-4-6-18(7-5-17)15(19)11-8-13-14(9-12(11)16)21-10-20-13/h1,8-9H,3-7,10,16H2. The minimum absolute atomic E-state index is 0.0776. The molecule has 2 aliphatic heterocycles. The number of carbonyl (C=O) groups excluding carboxylic acids is 1. The minimum Gasteiger partial charge on any atom is -0.454 e. The predicted molar refractivity (Wildman–Crippen MR) is 78.2 cm³/mol. The molecule has 0 atom stereocenters. The molecule has 0 unspecified atom stereocenters. The molecule has 3 rings (SSSR count). The summed E-state index contributed by atoms with van der Waals surface area (Å²) in [5, 5.41) is 0. The third kappa shape index (κ3) is 2.60. The fourth-order valence-corrected chi connectivity index (χ4v) is 2.55. The highest BCUT2D eigenvalue weighted by Crippen LogP contribution is 2.36. The highest BCUT2D eigenvalue weighted by atomic mass is 16.7. The van der Waals surface area contributed by atoms with Crippen LogP contribution in [0.2, 0.25) is 0 Å². The molecule has 1 amide bonds. The van der Waals surface area contributed by atoms with Crippen molar-refractivity contribution in [3.63, 3.8) is 0 Å². The van der Waals surface area contributed by atoms with Crippen LogP contribution in [-0.2, 0) is 0 Å². The molecule has 0 radical (unpaired) electrons. The Balaban J connectivity index is 1.73. The molecular formula is C15H17N3O3. The number of piperazine rings is 1. The number of nitrogens with two attached hydrogens (primary N) is 1. The summed E-state index contributed by atoms with van der Waals surface area (Å²) >= 11 is 0. The van der Waals surface area contributed by atoms with Crippen LogP contribution in [0, 0.1) is 12.3 Å². The first-order valence-electron chi connectivity index (χ1n) is 6.83. The fraction of sp³-hybridized carbons (Fsp3) is 0.400. The number of nitrogens with zero attached hydrogens (tertiary/aromatic N) is 2. The quantitative estimate of drug-likeness (QED) is 0.629. The number of hydrogen-bond donors (Lipinski definition) is 1. The van der Waals surface area contributed by atoms with Crippen LogP contribution in [0.15, 0.2) is 12.1 Å². The summed E-state index contributed by atoms with van der Waals surface area (Å²) in [5.41, 5.74) is 6.83. The van der Waals surface area contributed by atoms with Crippen LogP contribution in [-0.4, -0.2) is 55.2 Å². The number of nitrogen functional groups attached to an aromatic ring is 1.